The van der Waals surface area contributed by atoms with E-state index in [4.69, 9.17) is 4.74 Å². The van der Waals surface area contributed by atoms with Crippen molar-refractivity contribution >= 4 is 16.4 Å². The van der Waals surface area contributed by atoms with Gasteiger partial charge in [0, 0.05) is 22.6 Å². The fraction of sp³-hybridized carbons (Fsp3) is 0.529. The maximum absolute atomic E-state index is 12.0. The van der Waals surface area contributed by atoms with Crippen LogP contribution in [0.25, 0.3) is 5.57 Å². The second-order valence-electron chi connectivity index (χ2n) is 6.14. The zero-order valence-electron chi connectivity index (χ0n) is 12.7. The standard InChI is InChI=1S/C17H23NO2S/c1-18(2)9-10-20-15-5-3-13(4-6-15)14-11-16-7-8-17(12-14)21(16)19/h3-6,11,16-17H,7-10,12H2,1-2H3. The summed E-state index contributed by atoms with van der Waals surface area (Å²) < 4.78 is 17.8. The van der Waals surface area contributed by atoms with Gasteiger partial charge in [-0.15, -0.1) is 0 Å². The summed E-state index contributed by atoms with van der Waals surface area (Å²) >= 11 is 0. The Bertz CT molecular complexity index is 550. The molecular weight excluding hydrogens is 282 g/mol. The van der Waals surface area contributed by atoms with E-state index in [1.807, 2.05) is 26.2 Å². The van der Waals surface area contributed by atoms with Gasteiger partial charge in [0.05, 0.1) is 5.25 Å². The number of allylic oxidation sites excluding steroid dienone is 1. The van der Waals surface area contributed by atoms with E-state index in [1.165, 1.54) is 11.1 Å². The topological polar surface area (TPSA) is 29.5 Å². The molecule has 1 fully saturated rings. The van der Waals surface area contributed by atoms with E-state index in [2.05, 4.69) is 23.1 Å². The second kappa shape index (κ2) is 6.32. The molecular formula is C17H23NO2S. The van der Waals surface area contributed by atoms with Crippen LogP contribution in [0.4, 0.5) is 0 Å². The fourth-order valence-electron chi connectivity index (χ4n) is 3.03. The number of ether oxygens (including phenoxy) is 1. The second-order valence-corrected chi connectivity index (χ2v) is 8.07. The Balaban J connectivity index is 1.65. The molecule has 2 aliphatic heterocycles. The third kappa shape index (κ3) is 3.38. The first-order valence-corrected chi connectivity index (χ1v) is 8.89. The number of fused-ring (bicyclic) bond motifs is 2. The minimum absolute atomic E-state index is 0.287. The Morgan fingerprint density at radius 2 is 2.00 bits per heavy atom. The van der Waals surface area contributed by atoms with Crippen molar-refractivity contribution in [3.05, 3.63) is 35.9 Å². The number of benzene rings is 1. The van der Waals surface area contributed by atoms with Crippen molar-refractivity contribution in [3.63, 3.8) is 0 Å². The van der Waals surface area contributed by atoms with Crippen LogP contribution in [0.5, 0.6) is 5.75 Å². The number of hydrogen-bond acceptors (Lipinski definition) is 3. The number of hydrogen-bond donors (Lipinski definition) is 0. The highest BCUT2D eigenvalue weighted by Gasteiger charge is 2.36. The molecule has 0 amide bonds. The van der Waals surface area contributed by atoms with Gasteiger partial charge < -0.3 is 9.64 Å². The van der Waals surface area contributed by atoms with Crippen molar-refractivity contribution in [1.29, 1.82) is 0 Å². The molecule has 0 saturated carbocycles. The summed E-state index contributed by atoms with van der Waals surface area (Å²) in [7, 11) is 3.45. The molecule has 3 atom stereocenters. The maximum Gasteiger partial charge on any atom is 0.119 e. The summed E-state index contributed by atoms with van der Waals surface area (Å²) in [5.41, 5.74) is 2.62. The molecule has 1 aromatic rings. The van der Waals surface area contributed by atoms with Gasteiger partial charge in [-0.2, -0.15) is 0 Å². The number of likely N-dealkylation sites (N-methyl/N-ethyl adjacent to an activating group) is 1. The van der Waals surface area contributed by atoms with E-state index in [1.54, 1.807) is 0 Å². The molecule has 21 heavy (non-hydrogen) atoms. The Morgan fingerprint density at radius 3 is 2.67 bits per heavy atom. The zero-order chi connectivity index (χ0) is 14.8. The lowest BCUT2D eigenvalue weighted by Crippen LogP contribution is -2.20. The number of nitrogens with zero attached hydrogens (tertiary/aromatic N) is 1. The molecule has 1 aromatic carbocycles. The molecule has 0 aromatic heterocycles. The van der Waals surface area contributed by atoms with Crippen LogP contribution in [0.3, 0.4) is 0 Å². The third-order valence-corrected chi connectivity index (χ3v) is 6.30. The van der Waals surface area contributed by atoms with Crippen molar-refractivity contribution < 1.29 is 8.95 Å². The van der Waals surface area contributed by atoms with E-state index >= 15 is 0 Å². The third-order valence-electron chi connectivity index (χ3n) is 4.27. The quantitative estimate of drug-likeness (QED) is 0.838. The Morgan fingerprint density at radius 1 is 1.24 bits per heavy atom. The lowest BCUT2D eigenvalue weighted by atomic mass is 10.0. The van der Waals surface area contributed by atoms with Crippen LogP contribution in [0.15, 0.2) is 30.3 Å². The van der Waals surface area contributed by atoms with Gasteiger partial charge in [0.1, 0.15) is 12.4 Å². The molecule has 0 spiro atoms. The van der Waals surface area contributed by atoms with E-state index in [0.717, 1.165) is 31.6 Å². The smallest absolute Gasteiger partial charge is 0.119 e. The SMILES string of the molecule is CN(C)CCOc1ccc(C2=CC3CCC(C2)S3=O)cc1. The highest BCUT2D eigenvalue weighted by atomic mass is 32.2. The monoisotopic (exact) mass is 305 g/mol. The minimum Gasteiger partial charge on any atom is -0.492 e. The van der Waals surface area contributed by atoms with Gasteiger partial charge in [0.2, 0.25) is 0 Å². The van der Waals surface area contributed by atoms with Gasteiger partial charge in [-0.25, -0.2) is 0 Å². The average molecular weight is 305 g/mol. The normalized spacial score (nSPS) is 27.8. The van der Waals surface area contributed by atoms with Gasteiger partial charge in [-0.3, -0.25) is 4.21 Å². The highest BCUT2D eigenvalue weighted by molar-refractivity contribution is 7.86. The largest absolute Gasteiger partial charge is 0.492 e. The van der Waals surface area contributed by atoms with Crippen LogP contribution in [0, 0.1) is 0 Å². The molecule has 4 heteroatoms. The molecule has 0 aliphatic carbocycles. The lowest BCUT2D eigenvalue weighted by molar-refractivity contribution is 0.261. The first-order valence-electron chi connectivity index (χ1n) is 7.61. The molecule has 3 rings (SSSR count). The van der Waals surface area contributed by atoms with Gasteiger partial charge in [-0.1, -0.05) is 18.2 Å². The summed E-state index contributed by atoms with van der Waals surface area (Å²) in [5, 5.41) is 0.667. The molecule has 0 N–H and O–H groups in total. The molecule has 1 saturated heterocycles. The predicted octanol–water partition coefficient (Wildman–Crippen LogP) is 2.69. The Hall–Kier alpha value is -1.13. The Kier molecular flexibility index (Phi) is 4.45. The van der Waals surface area contributed by atoms with Crippen LogP contribution in [-0.4, -0.2) is 46.9 Å². The molecule has 0 radical (unpaired) electrons. The van der Waals surface area contributed by atoms with Crippen LogP contribution in [0.1, 0.15) is 24.8 Å². The van der Waals surface area contributed by atoms with Gasteiger partial charge in [-0.05, 0) is 56.6 Å². The molecule has 2 aliphatic rings. The first kappa shape index (κ1) is 14.8. The van der Waals surface area contributed by atoms with Crippen LogP contribution >= 0.6 is 0 Å². The summed E-state index contributed by atoms with van der Waals surface area (Å²) in [5.74, 6) is 0.920. The molecule has 114 valence electrons. The molecule has 3 unspecified atom stereocenters. The first-order chi connectivity index (χ1) is 10.1. The van der Waals surface area contributed by atoms with Crippen LogP contribution in [-0.2, 0) is 10.8 Å². The molecule has 2 heterocycles. The highest BCUT2D eigenvalue weighted by Crippen LogP contribution is 2.38. The average Bonchev–Trinajstić information content (AvgIpc) is 2.69. The predicted molar refractivity (Wildman–Crippen MR) is 88.0 cm³/mol. The van der Waals surface area contributed by atoms with E-state index < -0.39 is 10.8 Å². The van der Waals surface area contributed by atoms with Crippen molar-refractivity contribution in [2.24, 2.45) is 0 Å². The Labute approximate surface area is 129 Å². The summed E-state index contributed by atoms with van der Waals surface area (Å²) in [6.45, 7) is 1.63. The van der Waals surface area contributed by atoms with Gasteiger partial charge in [0.15, 0.2) is 0 Å². The summed E-state index contributed by atoms with van der Waals surface area (Å²) in [6, 6.07) is 8.34. The van der Waals surface area contributed by atoms with Crippen molar-refractivity contribution in [2.75, 3.05) is 27.2 Å². The van der Waals surface area contributed by atoms with E-state index in [9.17, 15) is 4.21 Å². The van der Waals surface area contributed by atoms with Crippen molar-refractivity contribution in [1.82, 2.24) is 4.90 Å². The minimum atomic E-state index is -0.632. The fourth-order valence-corrected chi connectivity index (χ4v) is 4.90. The van der Waals surface area contributed by atoms with E-state index in [-0.39, 0.29) is 5.25 Å². The molecule has 3 nitrogen and oxygen atoms in total. The summed E-state index contributed by atoms with van der Waals surface area (Å²) in [4.78, 5) is 2.11. The molecule has 2 bridgehead atoms. The number of rotatable bonds is 5. The van der Waals surface area contributed by atoms with Crippen LogP contribution in [0.2, 0.25) is 0 Å². The van der Waals surface area contributed by atoms with Crippen molar-refractivity contribution in [2.45, 2.75) is 29.8 Å². The zero-order valence-corrected chi connectivity index (χ0v) is 13.6. The van der Waals surface area contributed by atoms with Crippen LogP contribution < -0.4 is 4.74 Å². The van der Waals surface area contributed by atoms with E-state index in [0.29, 0.717) is 11.9 Å². The maximum atomic E-state index is 12.0. The van der Waals surface area contributed by atoms with Crippen molar-refractivity contribution in [3.8, 4) is 5.75 Å². The summed E-state index contributed by atoms with van der Waals surface area (Å²) in [6.07, 6.45) is 5.40. The van der Waals surface area contributed by atoms with Gasteiger partial charge in [0.25, 0.3) is 0 Å². The lowest BCUT2D eigenvalue weighted by Gasteiger charge is -2.19. The van der Waals surface area contributed by atoms with Gasteiger partial charge >= 0.3 is 0 Å².